The molecular formula is C13H12N2O2. The first-order valence-electron chi connectivity index (χ1n) is 5.21. The smallest absolute Gasteiger partial charge is 0.356 e. The maximum Gasteiger partial charge on any atom is 0.356 e. The lowest BCUT2D eigenvalue weighted by molar-refractivity contribution is 0.0690. The summed E-state index contributed by atoms with van der Waals surface area (Å²) < 4.78 is 0. The Morgan fingerprint density at radius 2 is 2.00 bits per heavy atom. The summed E-state index contributed by atoms with van der Waals surface area (Å²) in [4.78, 5) is 18.8. The zero-order chi connectivity index (χ0) is 12.4. The molecule has 0 amide bonds. The highest BCUT2D eigenvalue weighted by molar-refractivity contribution is 5.85. The van der Waals surface area contributed by atoms with E-state index >= 15 is 0 Å². The van der Waals surface area contributed by atoms with Gasteiger partial charge in [-0.1, -0.05) is 23.8 Å². The second-order valence-electron chi connectivity index (χ2n) is 3.91. The monoisotopic (exact) mass is 228 g/mol. The fraction of sp³-hybridized carbons (Fsp3) is 0.154. The molecule has 0 bridgehead atoms. The Hall–Kier alpha value is -2.23. The van der Waals surface area contributed by atoms with Gasteiger partial charge in [0.15, 0.2) is 5.69 Å². The van der Waals surface area contributed by atoms with Crippen molar-refractivity contribution >= 4 is 5.97 Å². The van der Waals surface area contributed by atoms with E-state index in [0.717, 1.165) is 16.7 Å². The Bertz CT molecular complexity index is 579. The molecule has 2 aromatic rings. The summed E-state index contributed by atoms with van der Waals surface area (Å²) >= 11 is 0. The van der Waals surface area contributed by atoms with Gasteiger partial charge in [-0.3, -0.25) is 4.98 Å². The Balaban J connectivity index is 2.53. The van der Waals surface area contributed by atoms with Crippen LogP contribution in [0.25, 0.3) is 11.3 Å². The SMILES string of the molecule is Cc1ccc(-c2cncc(C(=O)O)n2)c(C)c1. The number of hydrogen-bond donors (Lipinski definition) is 1. The van der Waals surface area contributed by atoms with E-state index in [4.69, 9.17) is 5.11 Å². The summed E-state index contributed by atoms with van der Waals surface area (Å²) in [6.07, 6.45) is 2.82. The molecule has 4 nitrogen and oxygen atoms in total. The molecule has 0 radical (unpaired) electrons. The van der Waals surface area contributed by atoms with E-state index in [-0.39, 0.29) is 5.69 Å². The van der Waals surface area contributed by atoms with Gasteiger partial charge < -0.3 is 5.11 Å². The maximum atomic E-state index is 10.8. The van der Waals surface area contributed by atoms with E-state index in [1.807, 2.05) is 32.0 Å². The number of hydrogen-bond acceptors (Lipinski definition) is 3. The van der Waals surface area contributed by atoms with Crippen LogP contribution in [0.15, 0.2) is 30.6 Å². The average Bonchev–Trinajstić information content (AvgIpc) is 2.29. The molecule has 0 unspecified atom stereocenters. The third kappa shape index (κ3) is 2.30. The minimum absolute atomic E-state index is 0.0394. The molecule has 0 saturated carbocycles. The van der Waals surface area contributed by atoms with Gasteiger partial charge in [0, 0.05) is 5.56 Å². The Kier molecular flexibility index (Phi) is 2.87. The van der Waals surface area contributed by atoms with Crippen LogP contribution in [0.4, 0.5) is 0 Å². The minimum atomic E-state index is -1.07. The van der Waals surface area contributed by atoms with E-state index in [9.17, 15) is 4.79 Å². The number of carbonyl (C=O) groups is 1. The van der Waals surface area contributed by atoms with Crippen LogP contribution in [0, 0.1) is 13.8 Å². The van der Waals surface area contributed by atoms with Crippen molar-refractivity contribution in [3.05, 3.63) is 47.4 Å². The molecule has 0 spiro atoms. The summed E-state index contributed by atoms with van der Waals surface area (Å²) in [6, 6.07) is 5.93. The lowest BCUT2D eigenvalue weighted by atomic mass is 10.0. The molecule has 0 aliphatic heterocycles. The van der Waals surface area contributed by atoms with E-state index < -0.39 is 5.97 Å². The third-order valence-corrected chi connectivity index (χ3v) is 2.51. The van der Waals surface area contributed by atoms with Crippen LogP contribution in [0.5, 0.6) is 0 Å². The van der Waals surface area contributed by atoms with Gasteiger partial charge in [-0.25, -0.2) is 9.78 Å². The van der Waals surface area contributed by atoms with Crippen molar-refractivity contribution < 1.29 is 9.90 Å². The van der Waals surface area contributed by atoms with Gasteiger partial charge in [0.25, 0.3) is 0 Å². The van der Waals surface area contributed by atoms with Crippen LogP contribution in [0.3, 0.4) is 0 Å². The van der Waals surface area contributed by atoms with Crippen molar-refractivity contribution in [2.75, 3.05) is 0 Å². The summed E-state index contributed by atoms with van der Waals surface area (Å²) in [5.74, 6) is -1.07. The first-order chi connectivity index (χ1) is 8.08. The number of aromatic carboxylic acids is 1. The summed E-state index contributed by atoms with van der Waals surface area (Å²) in [6.45, 7) is 3.98. The molecule has 0 aliphatic rings. The van der Waals surface area contributed by atoms with E-state index in [1.165, 1.54) is 6.20 Å². The Labute approximate surface area is 99.0 Å². The molecule has 86 valence electrons. The molecular weight excluding hydrogens is 216 g/mol. The van der Waals surface area contributed by atoms with Crippen LogP contribution in [-0.4, -0.2) is 21.0 Å². The highest BCUT2D eigenvalue weighted by Crippen LogP contribution is 2.21. The van der Waals surface area contributed by atoms with Gasteiger partial charge in [-0.15, -0.1) is 0 Å². The summed E-state index contributed by atoms with van der Waals surface area (Å²) in [7, 11) is 0. The molecule has 0 aliphatic carbocycles. The van der Waals surface area contributed by atoms with Crippen molar-refractivity contribution in [1.82, 2.24) is 9.97 Å². The zero-order valence-electron chi connectivity index (χ0n) is 9.64. The quantitative estimate of drug-likeness (QED) is 0.857. The Morgan fingerprint density at radius 1 is 1.24 bits per heavy atom. The van der Waals surface area contributed by atoms with Crippen molar-refractivity contribution in [2.24, 2.45) is 0 Å². The van der Waals surface area contributed by atoms with E-state index in [0.29, 0.717) is 5.69 Å². The molecule has 17 heavy (non-hydrogen) atoms. The highest BCUT2D eigenvalue weighted by Gasteiger charge is 2.09. The van der Waals surface area contributed by atoms with Gasteiger partial charge in [0.1, 0.15) is 0 Å². The average molecular weight is 228 g/mol. The second kappa shape index (κ2) is 4.33. The van der Waals surface area contributed by atoms with Crippen molar-refractivity contribution in [3.63, 3.8) is 0 Å². The lowest BCUT2D eigenvalue weighted by Crippen LogP contribution is -2.02. The molecule has 4 heteroatoms. The molecule has 1 N–H and O–H groups in total. The first-order valence-corrected chi connectivity index (χ1v) is 5.21. The van der Waals surface area contributed by atoms with E-state index in [1.54, 1.807) is 6.20 Å². The van der Waals surface area contributed by atoms with Crippen molar-refractivity contribution in [2.45, 2.75) is 13.8 Å². The molecule has 0 atom stereocenters. The Morgan fingerprint density at radius 3 is 2.65 bits per heavy atom. The summed E-state index contributed by atoms with van der Waals surface area (Å²) in [5.41, 5.74) is 3.67. The number of aromatic nitrogens is 2. The number of aryl methyl sites for hydroxylation is 2. The van der Waals surface area contributed by atoms with Gasteiger partial charge in [0.2, 0.25) is 0 Å². The summed E-state index contributed by atoms with van der Waals surface area (Å²) in [5, 5.41) is 8.87. The van der Waals surface area contributed by atoms with Crippen LogP contribution in [-0.2, 0) is 0 Å². The van der Waals surface area contributed by atoms with Gasteiger partial charge in [-0.05, 0) is 19.4 Å². The number of carboxylic acids is 1. The molecule has 2 rings (SSSR count). The molecule has 1 aromatic heterocycles. The van der Waals surface area contributed by atoms with Crippen LogP contribution >= 0.6 is 0 Å². The molecule has 1 heterocycles. The fourth-order valence-corrected chi connectivity index (χ4v) is 1.70. The fourth-order valence-electron chi connectivity index (χ4n) is 1.70. The topological polar surface area (TPSA) is 63.1 Å². The number of rotatable bonds is 2. The predicted octanol–water partition coefficient (Wildman–Crippen LogP) is 2.46. The van der Waals surface area contributed by atoms with Crippen LogP contribution < -0.4 is 0 Å². The second-order valence-corrected chi connectivity index (χ2v) is 3.91. The lowest BCUT2D eigenvalue weighted by Gasteiger charge is -2.06. The van der Waals surface area contributed by atoms with Gasteiger partial charge >= 0.3 is 5.97 Å². The van der Waals surface area contributed by atoms with Crippen LogP contribution in [0.1, 0.15) is 21.6 Å². The first kappa shape index (κ1) is 11.3. The molecule has 0 saturated heterocycles. The van der Waals surface area contributed by atoms with Gasteiger partial charge in [-0.2, -0.15) is 0 Å². The standard InChI is InChI=1S/C13H12N2O2/c1-8-3-4-10(9(2)5-8)11-6-14-7-12(15-11)13(16)17/h3-7H,1-2H3,(H,16,17). The largest absolute Gasteiger partial charge is 0.476 e. The van der Waals surface area contributed by atoms with Crippen molar-refractivity contribution in [1.29, 1.82) is 0 Å². The minimum Gasteiger partial charge on any atom is -0.476 e. The predicted molar refractivity (Wildman–Crippen MR) is 63.9 cm³/mol. The number of carboxylic acid groups (broad SMARTS) is 1. The highest BCUT2D eigenvalue weighted by atomic mass is 16.4. The van der Waals surface area contributed by atoms with Crippen molar-refractivity contribution in [3.8, 4) is 11.3 Å². The maximum absolute atomic E-state index is 10.8. The number of nitrogens with zero attached hydrogens (tertiary/aromatic N) is 2. The number of benzene rings is 1. The van der Waals surface area contributed by atoms with Gasteiger partial charge in [0.05, 0.1) is 18.1 Å². The zero-order valence-corrected chi connectivity index (χ0v) is 9.64. The van der Waals surface area contributed by atoms with E-state index in [2.05, 4.69) is 9.97 Å². The van der Waals surface area contributed by atoms with Crippen LogP contribution in [0.2, 0.25) is 0 Å². The normalized spacial score (nSPS) is 10.2. The molecule has 1 aromatic carbocycles. The molecule has 0 fully saturated rings. The third-order valence-electron chi connectivity index (χ3n) is 2.51.